The van der Waals surface area contributed by atoms with Gasteiger partial charge in [-0.2, -0.15) is 4.98 Å². The van der Waals surface area contributed by atoms with E-state index in [2.05, 4.69) is 10.1 Å². The van der Waals surface area contributed by atoms with Crippen molar-refractivity contribution >= 4 is 5.69 Å². The molecule has 0 saturated carbocycles. The molecule has 128 valence electrons. The van der Waals surface area contributed by atoms with E-state index in [0.29, 0.717) is 0 Å². The molecule has 0 amide bonds. The third-order valence-electron chi connectivity index (χ3n) is 3.28. The predicted molar refractivity (Wildman–Crippen MR) is 78.4 cm³/mol. The topological polar surface area (TPSA) is 163 Å². The first kappa shape index (κ1) is 16.0. The van der Waals surface area contributed by atoms with Gasteiger partial charge in [-0.1, -0.05) is 5.16 Å². The van der Waals surface area contributed by atoms with E-state index in [1.165, 1.54) is 0 Å². The highest BCUT2D eigenvalue weighted by Gasteiger charge is 2.23. The van der Waals surface area contributed by atoms with Crippen LogP contribution >= 0.6 is 0 Å². The molecular formula is C14H8FN3O7. The van der Waals surface area contributed by atoms with Gasteiger partial charge in [0.25, 0.3) is 5.89 Å². The van der Waals surface area contributed by atoms with Gasteiger partial charge in [0.05, 0.1) is 16.1 Å². The molecule has 0 aliphatic heterocycles. The van der Waals surface area contributed by atoms with Crippen LogP contribution < -0.4 is 0 Å². The SMILES string of the molecule is O=[N+]([O-])c1cc(-c2nc(-c3ccc(O)c(O)c3F)no2)cc(O)c1O. The molecule has 1 heterocycles. The zero-order valence-corrected chi connectivity index (χ0v) is 12.0. The zero-order valence-electron chi connectivity index (χ0n) is 12.0. The number of nitro benzene ring substituents is 1. The first-order chi connectivity index (χ1) is 11.8. The maximum absolute atomic E-state index is 14.0. The second-order valence-corrected chi connectivity index (χ2v) is 4.84. The van der Waals surface area contributed by atoms with Crippen LogP contribution in [0.15, 0.2) is 28.8 Å². The van der Waals surface area contributed by atoms with Gasteiger partial charge in [-0.05, 0) is 18.2 Å². The number of nitro groups is 1. The van der Waals surface area contributed by atoms with Gasteiger partial charge in [-0.3, -0.25) is 10.1 Å². The van der Waals surface area contributed by atoms with Crippen molar-refractivity contribution in [2.24, 2.45) is 0 Å². The van der Waals surface area contributed by atoms with Crippen molar-refractivity contribution in [3.8, 4) is 45.8 Å². The van der Waals surface area contributed by atoms with Gasteiger partial charge in [0.2, 0.25) is 11.6 Å². The molecule has 0 radical (unpaired) electrons. The highest BCUT2D eigenvalue weighted by atomic mass is 19.1. The molecule has 4 N–H and O–H groups in total. The smallest absolute Gasteiger partial charge is 0.315 e. The van der Waals surface area contributed by atoms with Gasteiger partial charge in [0, 0.05) is 6.07 Å². The van der Waals surface area contributed by atoms with Gasteiger partial charge in [-0.25, -0.2) is 4.39 Å². The molecule has 10 nitrogen and oxygen atoms in total. The fourth-order valence-corrected chi connectivity index (χ4v) is 2.04. The number of aromatic nitrogens is 2. The monoisotopic (exact) mass is 349 g/mol. The van der Waals surface area contributed by atoms with E-state index in [-0.39, 0.29) is 22.8 Å². The molecule has 0 saturated heterocycles. The van der Waals surface area contributed by atoms with E-state index < -0.39 is 39.4 Å². The molecule has 11 heteroatoms. The van der Waals surface area contributed by atoms with Crippen molar-refractivity contribution in [3.05, 3.63) is 40.2 Å². The molecular weight excluding hydrogens is 341 g/mol. The van der Waals surface area contributed by atoms with Gasteiger partial charge in [0.1, 0.15) is 0 Å². The summed E-state index contributed by atoms with van der Waals surface area (Å²) in [4.78, 5) is 13.8. The van der Waals surface area contributed by atoms with E-state index in [0.717, 1.165) is 24.3 Å². The Hall–Kier alpha value is -3.89. The Morgan fingerprint density at radius 2 is 1.80 bits per heavy atom. The molecule has 0 unspecified atom stereocenters. The Bertz CT molecular complexity index is 1000. The minimum Gasteiger partial charge on any atom is -0.504 e. The molecule has 0 spiro atoms. The van der Waals surface area contributed by atoms with Gasteiger partial charge in [-0.15, -0.1) is 0 Å². The van der Waals surface area contributed by atoms with Crippen molar-refractivity contribution in [3.63, 3.8) is 0 Å². The van der Waals surface area contributed by atoms with Crippen molar-refractivity contribution in [2.75, 3.05) is 0 Å². The van der Waals surface area contributed by atoms with E-state index in [1.54, 1.807) is 0 Å². The van der Waals surface area contributed by atoms with E-state index >= 15 is 0 Å². The van der Waals surface area contributed by atoms with Crippen LogP contribution in [-0.4, -0.2) is 35.5 Å². The quantitative estimate of drug-likeness (QED) is 0.315. The zero-order chi connectivity index (χ0) is 18.3. The third-order valence-corrected chi connectivity index (χ3v) is 3.28. The largest absolute Gasteiger partial charge is 0.504 e. The van der Waals surface area contributed by atoms with Crippen molar-refractivity contribution in [2.45, 2.75) is 0 Å². The highest BCUT2D eigenvalue weighted by molar-refractivity contribution is 5.69. The summed E-state index contributed by atoms with van der Waals surface area (Å²) in [6.07, 6.45) is 0. The average molecular weight is 349 g/mol. The number of phenols is 4. The van der Waals surface area contributed by atoms with E-state index in [9.17, 15) is 34.9 Å². The summed E-state index contributed by atoms with van der Waals surface area (Å²) in [7, 11) is 0. The summed E-state index contributed by atoms with van der Waals surface area (Å²) in [5.74, 6) is -5.18. The van der Waals surface area contributed by atoms with Gasteiger partial charge in [0.15, 0.2) is 23.1 Å². The first-order valence-electron chi connectivity index (χ1n) is 6.55. The summed E-state index contributed by atoms with van der Waals surface area (Å²) in [5, 5.41) is 52.0. The standard InChI is InChI=1S/C14H8FN3O7/c15-10-6(1-2-8(19)12(10)22)13-16-14(25-17-13)5-3-7(18(23)24)11(21)9(20)4-5/h1-4,19-22H. The van der Waals surface area contributed by atoms with Crippen LogP contribution in [0, 0.1) is 15.9 Å². The minimum atomic E-state index is -1.19. The Kier molecular flexibility index (Phi) is 3.60. The highest BCUT2D eigenvalue weighted by Crippen LogP contribution is 2.40. The molecule has 3 rings (SSSR count). The maximum Gasteiger partial charge on any atom is 0.315 e. The van der Waals surface area contributed by atoms with Crippen LogP contribution in [0.25, 0.3) is 22.8 Å². The van der Waals surface area contributed by atoms with Crippen LogP contribution in [0.2, 0.25) is 0 Å². The third kappa shape index (κ3) is 2.63. The normalized spacial score (nSPS) is 10.8. The molecule has 2 aromatic carbocycles. The fourth-order valence-electron chi connectivity index (χ4n) is 2.04. The molecule has 3 aromatic rings. The summed E-state index contributed by atoms with van der Waals surface area (Å²) < 4.78 is 18.8. The number of benzene rings is 2. The Balaban J connectivity index is 2.09. The summed E-state index contributed by atoms with van der Waals surface area (Å²) >= 11 is 0. The Labute approximate surface area is 137 Å². The summed E-state index contributed by atoms with van der Waals surface area (Å²) in [5.41, 5.74) is -1.17. The molecule has 0 aliphatic rings. The number of halogens is 1. The minimum absolute atomic E-state index is 0.0934. The Morgan fingerprint density at radius 1 is 1.08 bits per heavy atom. The van der Waals surface area contributed by atoms with Crippen molar-refractivity contribution in [1.82, 2.24) is 10.1 Å². The second-order valence-electron chi connectivity index (χ2n) is 4.84. The number of phenolic OH excluding ortho intramolecular Hbond substituents is 4. The molecule has 0 atom stereocenters. The van der Waals surface area contributed by atoms with Gasteiger partial charge >= 0.3 is 5.69 Å². The van der Waals surface area contributed by atoms with Crippen molar-refractivity contribution in [1.29, 1.82) is 0 Å². The Morgan fingerprint density at radius 3 is 2.48 bits per heavy atom. The second kappa shape index (κ2) is 5.63. The lowest BCUT2D eigenvalue weighted by Gasteiger charge is -2.02. The number of aromatic hydroxyl groups is 4. The first-order valence-corrected chi connectivity index (χ1v) is 6.55. The van der Waals surface area contributed by atoms with Gasteiger partial charge < -0.3 is 24.9 Å². The lowest BCUT2D eigenvalue weighted by molar-refractivity contribution is -0.385. The fraction of sp³-hybridized carbons (Fsp3) is 0. The maximum atomic E-state index is 14.0. The molecule has 0 bridgehead atoms. The van der Waals surface area contributed by atoms with E-state index in [4.69, 9.17) is 4.52 Å². The van der Waals surface area contributed by atoms with E-state index in [1.807, 2.05) is 0 Å². The number of hydrogen-bond donors (Lipinski definition) is 4. The molecule has 25 heavy (non-hydrogen) atoms. The number of hydrogen-bond acceptors (Lipinski definition) is 9. The van der Waals surface area contributed by atoms with Crippen molar-refractivity contribution < 1.29 is 34.3 Å². The molecule has 0 aliphatic carbocycles. The lowest BCUT2D eigenvalue weighted by Crippen LogP contribution is -1.91. The van der Waals surface area contributed by atoms with Crippen LogP contribution in [0.1, 0.15) is 0 Å². The summed E-state index contributed by atoms with van der Waals surface area (Å²) in [6, 6.07) is 3.94. The number of rotatable bonds is 3. The predicted octanol–water partition coefficient (Wildman–Crippen LogP) is 2.27. The molecule has 1 aromatic heterocycles. The van der Waals surface area contributed by atoms with Crippen LogP contribution in [-0.2, 0) is 0 Å². The van der Waals surface area contributed by atoms with Crippen LogP contribution in [0.3, 0.4) is 0 Å². The van der Waals surface area contributed by atoms with Crippen LogP contribution in [0.5, 0.6) is 23.0 Å². The molecule has 0 fully saturated rings. The summed E-state index contributed by atoms with van der Waals surface area (Å²) in [6.45, 7) is 0. The van der Waals surface area contributed by atoms with Crippen LogP contribution in [0.4, 0.5) is 10.1 Å². The number of nitrogens with zero attached hydrogens (tertiary/aromatic N) is 3. The average Bonchev–Trinajstić information content (AvgIpc) is 3.04. The lowest BCUT2D eigenvalue weighted by atomic mass is 10.1.